The number of hydrazone groups is 1. The molecule has 0 unspecified atom stereocenters. The molecular formula is C13H20N2O. The van der Waals surface area contributed by atoms with Crippen molar-refractivity contribution in [3.63, 3.8) is 0 Å². The molecular weight excluding hydrogens is 200 g/mol. The van der Waals surface area contributed by atoms with Gasteiger partial charge in [-0.05, 0) is 52.2 Å². The van der Waals surface area contributed by atoms with E-state index in [0.717, 1.165) is 11.5 Å². The Balaban J connectivity index is 2.04. The van der Waals surface area contributed by atoms with Crippen LogP contribution in [0.3, 0.4) is 0 Å². The van der Waals surface area contributed by atoms with E-state index < -0.39 is 0 Å². The van der Waals surface area contributed by atoms with Crippen LogP contribution in [0.5, 0.6) is 0 Å². The Kier molecular flexibility index (Phi) is 3.32. The number of piperidine rings is 1. The van der Waals surface area contributed by atoms with Gasteiger partial charge in [-0.1, -0.05) is 0 Å². The van der Waals surface area contributed by atoms with E-state index in [9.17, 15) is 0 Å². The van der Waals surface area contributed by atoms with Crippen LogP contribution in [0.25, 0.3) is 0 Å². The standard InChI is InChI=1S/C13H20N2O/c1-10-5-4-6-11(2)15(10)14-9-13-8-7-12(3)16-13/h7-11H,4-6H2,1-3H3/b14-9-/t10-,11-/m0/s1. The topological polar surface area (TPSA) is 28.7 Å². The van der Waals surface area contributed by atoms with Gasteiger partial charge in [-0.3, -0.25) is 5.01 Å². The van der Waals surface area contributed by atoms with Crippen molar-refractivity contribution >= 4 is 6.21 Å². The molecule has 1 fully saturated rings. The molecule has 0 spiro atoms. The van der Waals surface area contributed by atoms with E-state index >= 15 is 0 Å². The molecule has 3 heteroatoms. The summed E-state index contributed by atoms with van der Waals surface area (Å²) in [6, 6.07) is 5.00. The summed E-state index contributed by atoms with van der Waals surface area (Å²) in [5, 5.41) is 6.74. The van der Waals surface area contributed by atoms with Crippen molar-refractivity contribution in [1.29, 1.82) is 0 Å². The number of aryl methyl sites for hydroxylation is 1. The van der Waals surface area contributed by atoms with Crippen molar-refractivity contribution in [2.75, 3.05) is 0 Å². The fourth-order valence-corrected chi connectivity index (χ4v) is 2.28. The number of nitrogens with zero attached hydrogens (tertiary/aromatic N) is 2. The van der Waals surface area contributed by atoms with E-state index in [1.54, 1.807) is 0 Å². The summed E-state index contributed by atoms with van der Waals surface area (Å²) in [7, 11) is 0. The Morgan fingerprint density at radius 1 is 1.31 bits per heavy atom. The first-order chi connectivity index (χ1) is 7.66. The van der Waals surface area contributed by atoms with E-state index in [1.807, 2.05) is 25.3 Å². The van der Waals surface area contributed by atoms with Crippen molar-refractivity contribution in [1.82, 2.24) is 5.01 Å². The van der Waals surface area contributed by atoms with Crippen molar-refractivity contribution < 1.29 is 4.42 Å². The van der Waals surface area contributed by atoms with Crippen LogP contribution in [-0.4, -0.2) is 23.3 Å². The summed E-state index contributed by atoms with van der Waals surface area (Å²) in [6.07, 6.45) is 5.61. The maximum Gasteiger partial charge on any atom is 0.147 e. The number of rotatable bonds is 2. The van der Waals surface area contributed by atoms with Crippen molar-refractivity contribution in [2.45, 2.75) is 52.1 Å². The molecule has 0 N–H and O–H groups in total. The molecule has 2 rings (SSSR count). The molecule has 16 heavy (non-hydrogen) atoms. The van der Waals surface area contributed by atoms with Gasteiger partial charge in [0.05, 0.1) is 6.21 Å². The molecule has 0 aromatic carbocycles. The van der Waals surface area contributed by atoms with Crippen LogP contribution in [0.4, 0.5) is 0 Å². The van der Waals surface area contributed by atoms with Gasteiger partial charge in [-0.15, -0.1) is 0 Å². The minimum Gasteiger partial charge on any atom is -0.460 e. The highest BCUT2D eigenvalue weighted by Crippen LogP contribution is 2.22. The molecule has 1 saturated heterocycles. The highest BCUT2D eigenvalue weighted by Gasteiger charge is 2.22. The van der Waals surface area contributed by atoms with Crippen molar-refractivity contribution in [3.8, 4) is 0 Å². The summed E-state index contributed by atoms with van der Waals surface area (Å²) >= 11 is 0. The minimum atomic E-state index is 0.538. The number of hydrogen-bond acceptors (Lipinski definition) is 3. The molecule has 3 nitrogen and oxygen atoms in total. The molecule has 1 aliphatic rings. The van der Waals surface area contributed by atoms with E-state index in [2.05, 4.69) is 24.0 Å². The maximum absolute atomic E-state index is 5.47. The first-order valence-electron chi connectivity index (χ1n) is 6.05. The number of hydrogen-bond donors (Lipinski definition) is 0. The molecule has 1 aromatic heterocycles. The Morgan fingerprint density at radius 3 is 2.56 bits per heavy atom. The molecule has 2 heterocycles. The Bertz CT molecular complexity index is 360. The lowest BCUT2D eigenvalue weighted by molar-refractivity contribution is 0.109. The monoisotopic (exact) mass is 220 g/mol. The normalized spacial score (nSPS) is 26.6. The molecule has 0 aliphatic carbocycles. The third kappa shape index (κ3) is 2.46. The first kappa shape index (κ1) is 11.2. The summed E-state index contributed by atoms with van der Waals surface area (Å²) in [4.78, 5) is 0. The lowest BCUT2D eigenvalue weighted by atomic mass is 10.00. The van der Waals surface area contributed by atoms with E-state index in [4.69, 9.17) is 4.42 Å². The summed E-state index contributed by atoms with van der Waals surface area (Å²) < 4.78 is 5.47. The second kappa shape index (κ2) is 4.73. The highest BCUT2D eigenvalue weighted by molar-refractivity contribution is 5.75. The highest BCUT2D eigenvalue weighted by atomic mass is 16.3. The Hall–Kier alpha value is -1.25. The molecule has 0 radical (unpaired) electrons. The fraction of sp³-hybridized carbons (Fsp3) is 0.615. The zero-order valence-electron chi connectivity index (χ0n) is 10.3. The largest absolute Gasteiger partial charge is 0.460 e. The van der Waals surface area contributed by atoms with E-state index in [1.165, 1.54) is 19.3 Å². The van der Waals surface area contributed by atoms with Crippen LogP contribution in [0.2, 0.25) is 0 Å². The summed E-state index contributed by atoms with van der Waals surface area (Å²) in [5.41, 5.74) is 0. The van der Waals surface area contributed by atoms with Crippen LogP contribution in [0, 0.1) is 6.92 Å². The van der Waals surface area contributed by atoms with E-state index in [-0.39, 0.29) is 0 Å². The molecule has 88 valence electrons. The van der Waals surface area contributed by atoms with Gasteiger partial charge >= 0.3 is 0 Å². The molecule has 0 amide bonds. The van der Waals surface area contributed by atoms with Gasteiger partial charge in [0.2, 0.25) is 0 Å². The molecule has 1 aromatic rings. The average Bonchev–Trinajstić information content (AvgIpc) is 2.63. The predicted molar refractivity (Wildman–Crippen MR) is 65.7 cm³/mol. The van der Waals surface area contributed by atoms with Gasteiger partial charge in [0.15, 0.2) is 0 Å². The molecule has 1 aliphatic heterocycles. The zero-order valence-corrected chi connectivity index (χ0v) is 10.3. The van der Waals surface area contributed by atoms with Crippen LogP contribution in [-0.2, 0) is 0 Å². The average molecular weight is 220 g/mol. The quantitative estimate of drug-likeness (QED) is 0.716. The third-order valence-electron chi connectivity index (χ3n) is 3.23. The lowest BCUT2D eigenvalue weighted by Gasteiger charge is -2.36. The van der Waals surface area contributed by atoms with Crippen LogP contribution in [0.15, 0.2) is 21.7 Å². The Morgan fingerprint density at radius 2 is 2.00 bits per heavy atom. The maximum atomic E-state index is 5.47. The smallest absolute Gasteiger partial charge is 0.147 e. The van der Waals surface area contributed by atoms with Crippen LogP contribution < -0.4 is 0 Å². The van der Waals surface area contributed by atoms with Gasteiger partial charge < -0.3 is 4.42 Å². The van der Waals surface area contributed by atoms with Gasteiger partial charge in [0.25, 0.3) is 0 Å². The Labute approximate surface area is 97.1 Å². The molecule has 2 atom stereocenters. The second-order valence-corrected chi connectivity index (χ2v) is 4.70. The van der Waals surface area contributed by atoms with Crippen LogP contribution in [0.1, 0.15) is 44.6 Å². The lowest BCUT2D eigenvalue weighted by Crippen LogP contribution is -2.39. The predicted octanol–water partition coefficient (Wildman–Crippen LogP) is 3.18. The molecule has 0 saturated carbocycles. The van der Waals surface area contributed by atoms with Gasteiger partial charge in [-0.25, -0.2) is 0 Å². The second-order valence-electron chi connectivity index (χ2n) is 4.70. The van der Waals surface area contributed by atoms with Gasteiger partial charge in [0, 0.05) is 12.1 Å². The fourth-order valence-electron chi connectivity index (χ4n) is 2.28. The SMILES string of the molecule is Cc1ccc(/C=N\N2[C@@H](C)CCC[C@@H]2C)o1. The van der Waals surface area contributed by atoms with E-state index in [0.29, 0.717) is 12.1 Å². The molecule has 0 bridgehead atoms. The first-order valence-corrected chi connectivity index (χ1v) is 6.05. The zero-order chi connectivity index (χ0) is 11.5. The summed E-state index contributed by atoms with van der Waals surface area (Å²) in [6.45, 7) is 6.42. The van der Waals surface area contributed by atoms with Crippen LogP contribution >= 0.6 is 0 Å². The summed E-state index contributed by atoms with van der Waals surface area (Å²) in [5.74, 6) is 1.77. The third-order valence-corrected chi connectivity index (χ3v) is 3.23. The van der Waals surface area contributed by atoms with Crippen molar-refractivity contribution in [2.24, 2.45) is 5.10 Å². The van der Waals surface area contributed by atoms with Crippen molar-refractivity contribution in [3.05, 3.63) is 23.7 Å². The van der Waals surface area contributed by atoms with Gasteiger partial charge in [0.1, 0.15) is 11.5 Å². The minimum absolute atomic E-state index is 0.538. The number of furan rings is 1. The van der Waals surface area contributed by atoms with Gasteiger partial charge in [-0.2, -0.15) is 5.10 Å².